The maximum Gasteiger partial charge on any atom is 0.254 e. The predicted molar refractivity (Wildman–Crippen MR) is 95.8 cm³/mol. The van der Waals surface area contributed by atoms with Crippen molar-refractivity contribution < 1.29 is 18.3 Å². The first-order valence-corrected chi connectivity index (χ1v) is 9.72. The van der Waals surface area contributed by atoms with E-state index in [9.17, 15) is 23.6 Å². The van der Waals surface area contributed by atoms with Gasteiger partial charge in [-0.05, 0) is 30.7 Å². The van der Waals surface area contributed by atoms with Crippen LogP contribution in [0.15, 0.2) is 30.5 Å². The van der Waals surface area contributed by atoms with Gasteiger partial charge in [0.2, 0.25) is 0 Å². The van der Waals surface area contributed by atoms with Gasteiger partial charge >= 0.3 is 0 Å². The van der Waals surface area contributed by atoms with E-state index in [-0.39, 0.29) is 22.9 Å². The average molecular weight is 379 g/mol. The van der Waals surface area contributed by atoms with Crippen LogP contribution in [0.4, 0.5) is 15.9 Å². The lowest BCUT2D eigenvalue weighted by molar-refractivity contribution is 0.100. The molecule has 2 aromatic rings. The Balaban J connectivity index is 1.91. The molecular weight excluding hydrogens is 361 g/mol. The zero-order valence-corrected chi connectivity index (χ0v) is 14.5. The lowest BCUT2D eigenvalue weighted by Gasteiger charge is -2.41. The molecule has 1 aliphatic rings. The molecule has 1 saturated heterocycles. The molecule has 3 rings (SSSR count). The SMILES string of the molecule is N#C[C@H]1CS(O)(O)CC[C@@H]1n1cc(C(N)=O)c(Nc2ccc(F)cc2)n1. The Morgan fingerprint density at radius 3 is 2.73 bits per heavy atom. The second-order valence-corrected chi connectivity index (χ2v) is 8.48. The minimum absolute atomic E-state index is 0.0271. The van der Waals surface area contributed by atoms with Crippen molar-refractivity contribution in [1.82, 2.24) is 9.78 Å². The molecule has 1 aliphatic heterocycles. The summed E-state index contributed by atoms with van der Waals surface area (Å²) in [4.78, 5) is 11.7. The molecule has 1 aromatic heterocycles. The summed E-state index contributed by atoms with van der Waals surface area (Å²) in [6.45, 7) is 0. The fourth-order valence-electron chi connectivity index (χ4n) is 2.94. The average Bonchev–Trinajstić information content (AvgIpc) is 3.00. The Hall–Kier alpha value is -2.61. The molecule has 1 fully saturated rings. The zero-order valence-electron chi connectivity index (χ0n) is 13.7. The molecule has 1 amide bonds. The van der Waals surface area contributed by atoms with E-state index < -0.39 is 34.3 Å². The molecule has 0 radical (unpaired) electrons. The number of rotatable bonds is 4. The Kier molecular flexibility index (Phi) is 4.86. The van der Waals surface area contributed by atoms with Crippen molar-refractivity contribution in [3.05, 3.63) is 41.8 Å². The highest BCUT2D eigenvalue weighted by atomic mass is 32.3. The minimum Gasteiger partial charge on any atom is -0.365 e. The summed E-state index contributed by atoms with van der Waals surface area (Å²) in [5.41, 5.74) is 6.06. The molecule has 2 atom stereocenters. The third kappa shape index (κ3) is 3.80. The lowest BCUT2D eigenvalue weighted by atomic mass is 10.0. The van der Waals surface area contributed by atoms with Gasteiger partial charge < -0.3 is 11.1 Å². The van der Waals surface area contributed by atoms with Crippen molar-refractivity contribution in [2.24, 2.45) is 11.7 Å². The molecule has 10 heteroatoms. The molecule has 0 saturated carbocycles. The van der Waals surface area contributed by atoms with Gasteiger partial charge in [-0.25, -0.2) is 4.39 Å². The highest BCUT2D eigenvalue weighted by Crippen LogP contribution is 2.49. The standard InChI is InChI=1S/C16H18FN5O3S/c17-11-1-3-12(4-2-11)20-16-13(15(19)23)8-22(21-16)14-5-6-26(24,25)9-10(14)7-18/h1-4,8,10,14,24-25H,5-6,9H2,(H2,19,23)(H,20,21)/t10-,14-/m0/s1. The van der Waals surface area contributed by atoms with Gasteiger partial charge in [0.15, 0.2) is 5.82 Å². The van der Waals surface area contributed by atoms with E-state index >= 15 is 0 Å². The topological polar surface area (TPSA) is 137 Å². The van der Waals surface area contributed by atoms with E-state index in [4.69, 9.17) is 5.73 Å². The summed E-state index contributed by atoms with van der Waals surface area (Å²) in [5.74, 6) is -1.40. The van der Waals surface area contributed by atoms with Crippen LogP contribution >= 0.6 is 10.6 Å². The number of benzene rings is 1. The number of primary amides is 1. The van der Waals surface area contributed by atoms with E-state index in [1.54, 1.807) is 0 Å². The van der Waals surface area contributed by atoms with Crippen molar-refractivity contribution in [2.45, 2.75) is 12.5 Å². The Labute approximate surface area is 150 Å². The van der Waals surface area contributed by atoms with Crippen LogP contribution in [0, 0.1) is 23.1 Å². The minimum atomic E-state index is -2.76. The summed E-state index contributed by atoms with van der Waals surface area (Å²) < 4.78 is 34.2. The van der Waals surface area contributed by atoms with Gasteiger partial charge in [-0.2, -0.15) is 21.0 Å². The number of amides is 1. The van der Waals surface area contributed by atoms with Crippen LogP contribution in [0.1, 0.15) is 22.8 Å². The smallest absolute Gasteiger partial charge is 0.254 e. The molecule has 26 heavy (non-hydrogen) atoms. The number of aromatic nitrogens is 2. The fourth-order valence-corrected chi connectivity index (χ4v) is 4.59. The molecule has 138 valence electrons. The first-order chi connectivity index (χ1) is 12.3. The van der Waals surface area contributed by atoms with E-state index in [0.29, 0.717) is 12.1 Å². The van der Waals surface area contributed by atoms with Crippen LogP contribution in [0.25, 0.3) is 0 Å². The van der Waals surface area contributed by atoms with Gasteiger partial charge in [-0.1, -0.05) is 0 Å². The summed E-state index contributed by atoms with van der Waals surface area (Å²) in [7, 11) is -2.76. The molecular formula is C16H18FN5O3S. The first-order valence-electron chi connectivity index (χ1n) is 7.84. The largest absolute Gasteiger partial charge is 0.365 e. The molecule has 1 aromatic carbocycles. The number of anilines is 2. The van der Waals surface area contributed by atoms with Gasteiger partial charge in [0.05, 0.1) is 23.8 Å². The Bertz CT molecular complexity index is 862. The zero-order chi connectivity index (χ0) is 18.9. The quantitative estimate of drug-likeness (QED) is 0.644. The number of nitrogens with one attached hydrogen (secondary N) is 1. The first kappa shape index (κ1) is 18.2. The summed E-state index contributed by atoms with van der Waals surface area (Å²) in [6, 6.07) is 7.20. The van der Waals surface area contributed by atoms with Gasteiger partial charge in [0.25, 0.3) is 5.91 Å². The summed E-state index contributed by atoms with van der Waals surface area (Å²) in [6.07, 6.45) is 1.79. The lowest BCUT2D eigenvalue weighted by Crippen LogP contribution is -2.31. The molecule has 2 heterocycles. The van der Waals surface area contributed by atoms with E-state index in [0.717, 1.165) is 0 Å². The number of carbonyl (C=O) groups is 1. The number of nitriles is 1. The molecule has 0 aliphatic carbocycles. The van der Waals surface area contributed by atoms with Crippen molar-refractivity contribution in [2.75, 3.05) is 16.8 Å². The van der Waals surface area contributed by atoms with Crippen LogP contribution in [-0.2, 0) is 0 Å². The third-order valence-electron chi connectivity index (χ3n) is 4.26. The van der Waals surface area contributed by atoms with Crippen LogP contribution < -0.4 is 11.1 Å². The molecule has 0 bridgehead atoms. The van der Waals surface area contributed by atoms with Crippen molar-refractivity contribution >= 4 is 28.0 Å². The predicted octanol–water partition coefficient (Wildman–Crippen LogP) is 2.70. The Morgan fingerprint density at radius 1 is 1.42 bits per heavy atom. The van der Waals surface area contributed by atoms with Gasteiger partial charge in [-0.15, -0.1) is 0 Å². The van der Waals surface area contributed by atoms with Crippen LogP contribution in [0.2, 0.25) is 0 Å². The number of hydrogen-bond acceptors (Lipinski definition) is 6. The summed E-state index contributed by atoms with van der Waals surface area (Å²) >= 11 is 0. The maximum atomic E-state index is 13.0. The molecule has 5 N–H and O–H groups in total. The number of halogens is 1. The van der Waals surface area contributed by atoms with Crippen molar-refractivity contribution in [3.8, 4) is 6.07 Å². The number of hydrogen-bond donors (Lipinski definition) is 4. The number of nitrogens with zero attached hydrogens (tertiary/aromatic N) is 3. The maximum absolute atomic E-state index is 13.0. The fraction of sp³-hybridized carbons (Fsp3) is 0.312. The number of nitrogens with two attached hydrogens (primary N) is 1. The monoisotopic (exact) mass is 379 g/mol. The van der Waals surface area contributed by atoms with E-state index in [1.165, 1.54) is 35.1 Å². The highest BCUT2D eigenvalue weighted by molar-refractivity contribution is 8.24. The highest BCUT2D eigenvalue weighted by Gasteiger charge is 2.35. The van der Waals surface area contributed by atoms with E-state index in [2.05, 4.69) is 16.5 Å². The second-order valence-electron chi connectivity index (χ2n) is 6.13. The third-order valence-corrected chi connectivity index (χ3v) is 6.04. The molecule has 8 nitrogen and oxygen atoms in total. The summed E-state index contributed by atoms with van der Waals surface area (Å²) in [5, 5.41) is 16.6. The Morgan fingerprint density at radius 2 is 2.12 bits per heavy atom. The van der Waals surface area contributed by atoms with Crippen LogP contribution in [-0.4, -0.2) is 36.3 Å². The molecule has 0 spiro atoms. The molecule has 0 unspecified atom stereocenters. The normalized spacial score (nSPS) is 23.0. The number of carbonyl (C=O) groups excluding carboxylic acids is 1. The van der Waals surface area contributed by atoms with Gasteiger partial charge in [-0.3, -0.25) is 18.6 Å². The second kappa shape index (κ2) is 6.95. The van der Waals surface area contributed by atoms with Crippen molar-refractivity contribution in [3.63, 3.8) is 0 Å². The van der Waals surface area contributed by atoms with Crippen LogP contribution in [0.3, 0.4) is 0 Å². The van der Waals surface area contributed by atoms with Gasteiger partial charge in [0, 0.05) is 17.6 Å². The van der Waals surface area contributed by atoms with Crippen LogP contribution in [0.5, 0.6) is 0 Å². The van der Waals surface area contributed by atoms with E-state index in [1.807, 2.05) is 0 Å². The van der Waals surface area contributed by atoms with Gasteiger partial charge in [0.1, 0.15) is 11.4 Å². The van der Waals surface area contributed by atoms with Crippen molar-refractivity contribution in [1.29, 1.82) is 5.26 Å².